The van der Waals surface area contributed by atoms with E-state index in [0.717, 1.165) is 6.07 Å². The Morgan fingerprint density at radius 1 is 1.00 bits per heavy atom. The van der Waals surface area contributed by atoms with Crippen LogP contribution in [0.15, 0.2) is 44.0 Å². The zero-order chi connectivity index (χ0) is 16.3. The van der Waals surface area contributed by atoms with Gasteiger partial charge in [-0.05, 0) is 12.1 Å². The van der Waals surface area contributed by atoms with Gasteiger partial charge >= 0.3 is 11.6 Å². The summed E-state index contributed by atoms with van der Waals surface area (Å²) in [5.41, 5.74) is -1.00. The lowest BCUT2D eigenvalue weighted by Gasteiger charge is -2.03. The maximum atomic E-state index is 12.3. The molecule has 0 spiro atoms. The fourth-order valence-electron chi connectivity index (χ4n) is 2.72. The number of hydrogen-bond acceptors (Lipinski definition) is 6. The largest absolute Gasteiger partial charge is 0.504 e. The molecule has 7 heteroatoms. The lowest BCUT2D eigenvalue weighted by molar-refractivity contribution is 0.0695. The number of carbonyl (C=O) groups is 1. The maximum absolute atomic E-state index is 12.3. The molecule has 0 unspecified atom stereocenters. The first-order valence-corrected chi connectivity index (χ1v) is 6.55. The van der Waals surface area contributed by atoms with Gasteiger partial charge in [0.1, 0.15) is 22.1 Å². The molecule has 4 aromatic rings. The molecule has 0 saturated carbocycles. The molecule has 4 rings (SSSR count). The summed E-state index contributed by atoms with van der Waals surface area (Å²) >= 11 is 0. The molecular formula is C16H8O7. The molecule has 0 fully saturated rings. The predicted molar refractivity (Wildman–Crippen MR) is 80.1 cm³/mol. The van der Waals surface area contributed by atoms with Crippen molar-refractivity contribution >= 4 is 38.9 Å². The van der Waals surface area contributed by atoms with Crippen molar-refractivity contribution < 1.29 is 28.9 Å². The monoisotopic (exact) mass is 312 g/mol. The van der Waals surface area contributed by atoms with Gasteiger partial charge in [-0.25, -0.2) is 9.59 Å². The molecule has 0 aliphatic carbocycles. The SMILES string of the molecule is O=C(O)c1c(O)c(O)cc2oc3c4ccccc4oc(=O)c3c12. The Balaban J connectivity index is 2.39. The van der Waals surface area contributed by atoms with E-state index in [9.17, 15) is 24.9 Å². The van der Waals surface area contributed by atoms with Crippen molar-refractivity contribution in [2.75, 3.05) is 0 Å². The van der Waals surface area contributed by atoms with Crippen molar-refractivity contribution in [1.29, 1.82) is 0 Å². The van der Waals surface area contributed by atoms with E-state index in [0.29, 0.717) is 5.39 Å². The molecule has 0 saturated heterocycles. The summed E-state index contributed by atoms with van der Waals surface area (Å²) in [6, 6.07) is 7.69. The number of aromatic hydroxyl groups is 2. The van der Waals surface area contributed by atoms with E-state index in [-0.39, 0.29) is 27.5 Å². The van der Waals surface area contributed by atoms with Gasteiger partial charge in [-0.15, -0.1) is 0 Å². The van der Waals surface area contributed by atoms with Crippen molar-refractivity contribution in [3.8, 4) is 11.5 Å². The summed E-state index contributed by atoms with van der Waals surface area (Å²) in [7, 11) is 0. The van der Waals surface area contributed by atoms with E-state index in [2.05, 4.69) is 0 Å². The van der Waals surface area contributed by atoms with Crippen LogP contribution >= 0.6 is 0 Å². The van der Waals surface area contributed by atoms with Crippen LogP contribution in [-0.2, 0) is 0 Å². The smallest absolute Gasteiger partial charge is 0.348 e. The van der Waals surface area contributed by atoms with Crippen LogP contribution < -0.4 is 5.63 Å². The van der Waals surface area contributed by atoms with E-state index in [1.165, 1.54) is 0 Å². The number of para-hydroxylation sites is 1. The first-order chi connectivity index (χ1) is 11.0. The second kappa shape index (κ2) is 4.26. The van der Waals surface area contributed by atoms with Crippen molar-refractivity contribution in [2.24, 2.45) is 0 Å². The third-order valence-corrected chi connectivity index (χ3v) is 3.69. The molecule has 0 amide bonds. The topological polar surface area (TPSA) is 121 Å². The van der Waals surface area contributed by atoms with Crippen LogP contribution in [0, 0.1) is 0 Å². The van der Waals surface area contributed by atoms with Gasteiger partial charge in [0, 0.05) is 6.07 Å². The van der Waals surface area contributed by atoms with E-state index in [4.69, 9.17) is 8.83 Å². The number of carboxylic acid groups (broad SMARTS) is 1. The molecule has 0 atom stereocenters. The number of hydrogen-bond donors (Lipinski definition) is 3. The number of benzene rings is 2. The number of carboxylic acids is 1. The fraction of sp³-hybridized carbons (Fsp3) is 0. The Morgan fingerprint density at radius 3 is 2.48 bits per heavy atom. The van der Waals surface area contributed by atoms with Gasteiger partial charge in [0.25, 0.3) is 0 Å². The van der Waals surface area contributed by atoms with Crippen LogP contribution in [0.25, 0.3) is 32.9 Å². The molecule has 7 nitrogen and oxygen atoms in total. The highest BCUT2D eigenvalue weighted by molar-refractivity contribution is 6.20. The molecular weight excluding hydrogens is 304 g/mol. The second-order valence-corrected chi connectivity index (χ2v) is 4.99. The number of phenols is 2. The van der Waals surface area contributed by atoms with Gasteiger partial charge in [-0.3, -0.25) is 0 Å². The highest BCUT2D eigenvalue weighted by Crippen LogP contribution is 2.41. The van der Waals surface area contributed by atoms with Gasteiger partial charge in [-0.2, -0.15) is 0 Å². The van der Waals surface area contributed by atoms with Gasteiger partial charge < -0.3 is 24.2 Å². The highest BCUT2D eigenvalue weighted by atomic mass is 16.4. The van der Waals surface area contributed by atoms with Crippen LogP contribution in [0.1, 0.15) is 10.4 Å². The lowest BCUT2D eigenvalue weighted by Crippen LogP contribution is -2.02. The highest BCUT2D eigenvalue weighted by Gasteiger charge is 2.26. The van der Waals surface area contributed by atoms with E-state index >= 15 is 0 Å². The molecule has 114 valence electrons. The number of aromatic carboxylic acids is 1. The molecule has 2 heterocycles. The average Bonchev–Trinajstić information content (AvgIpc) is 2.87. The Bertz CT molecular complexity index is 1180. The Morgan fingerprint density at radius 2 is 1.74 bits per heavy atom. The molecule has 0 bridgehead atoms. The van der Waals surface area contributed by atoms with Gasteiger partial charge in [-0.1, -0.05) is 12.1 Å². The van der Waals surface area contributed by atoms with Crippen LogP contribution in [-0.4, -0.2) is 21.3 Å². The van der Waals surface area contributed by atoms with Crippen LogP contribution in [0.2, 0.25) is 0 Å². The summed E-state index contributed by atoms with van der Waals surface area (Å²) in [5, 5.41) is 29.1. The minimum Gasteiger partial charge on any atom is -0.504 e. The number of rotatable bonds is 1. The average molecular weight is 312 g/mol. The van der Waals surface area contributed by atoms with Crippen molar-refractivity contribution in [3.63, 3.8) is 0 Å². The Hall–Kier alpha value is -3.48. The number of furan rings is 1. The van der Waals surface area contributed by atoms with Crippen LogP contribution in [0.3, 0.4) is 0 Å². The number of phenolic OH excluding ortho intramolecular Hbond substituents is 1. The minimum atomic E-state index is -1.50. The summed E-state index contributed by atoms with van der Waals surface area (Å²) in [6.07, 6.45) is 0. The third-order valence-electron chi connectivity index (χ3n) is 3.69. The first kappa shape index (κ1) is 13.2. The van der Waals surface area contributed by atoms with Crippen LogP contribution in [0.5, 0.6) is 11.5 Å². The molecule has 2 aromatic heterocycles. The van der Waals surface area contributed by atoms with Crippen molar-refractivity contribution in [1.82, 2.24) is 0 Å². The zero-order valence-corrected chi connectivity index (χ0v) is 11.4. The molecule has 3 N–H and O–H groups in total. The summed E-state index contributed by atoms with van der Waals surface area (Å²) in [6.45, 7) is 0. The fourth-order valence-corrected chi connectivity index (χ4v) is 2.72. The normalized spacial score (nSPS) is 11.5. The molecule has 2 aromatic carbocycles. The van der Waals surface area contributed by atoms with E-state index < -0.39 is 28.7 Å². The van der Waals surface area contributed by atoms with Crippen molar-refractivity contribution in [2.45, 2.75) is 0 Å². The van der Waals surface area contributed by atoms with Crippen molar-refractivity contribution in [3.05, 3.63) is 46.3 Å². The molecule has 23 heavy (non-hydrogen) atoms. The molecule has 0 aliphatic rings. The van der Waals surface area contributed by atoms with Gasteiger partial charge in [0.05, 0.1) is 10.8 Å². The molecule has 0 aliphatic heterocycles. The maximum Gasteiger partial charge on any atom is 0.348 e. The van der Waals surface area contributed by atoms with E-state index in [1.807, 2.05) is 0 Å². The summed E-state index contributed by atoms with van der Waals surface area (Å²) in [4.78, 5) is 23.7. The van der Waals surface area contributed by atoms with E-state index in [1.54, 1.807) is 24.3 Å². The first-order valence-electron chi connectivity index (χ1n) is 6.55. The standard InChI is InChI=1S/C16H8O7/c17-7-5-9-10(11(13(7)18)15(19)20)12-14(22-9)6-3-1-2-4-8(6)23-16(12)21/h1-5,17-18H,(H,19,20). The minimum absolute atomic E-state index is 0.0312. The predicted octanol–water partition coefficient (Wildman–Crippen LogP) is 2.80. The van der Waals surface area contributed by atoms with Crippen LogP contribution in [0.4, 0.5) is 0 Å². The molecule has 0 radical (unpaired) electrons. The van der Waals surface area contributed by atoms with Gasteiger partial charge in [0.2, 0.25) is 0 Å². The Labute approximate surface area is 126 Å². The third kappa shape index (κ3) is 1.64. The quantitative estimate of drug-likeness (QED) is 0.365. The summed E-state index contributed by atoms with van der Waals surface area (Å²) in [5.74, 6) is -2.98. The summed E-state index contributed by atoms with van der Waals surface area (Å²) < 4.78 is 10.8. The number of fused-ring (bicyclic) bond motifs is 5. The lowest BCUT2D eigenvalue weighted by atomic mass is 10.0. The second-order valence-electron chi connectivity index (χ2n) is 4.99. The Kier molecular flexibility index (Phi) is 2.45. The zero-order valence-electron chi connectivity index (χ0n) is 11.4. The van der Waals surface area contributed by atoms with Gasteiger partial charge in [0.15, 0.2) is 17.1 Å².